The maximum Gasteiger partial charge on any atom is -0.0134 e. The second kappa shape index (κ2) is 5.82. The van der Waals surface area contributed by atoms with Gasteiger partial charge in [-0.1, -0.05) is 91.0 Å². The first kappa shape index (κ1) is 12.1. The number of hydrogen-bond donors (Lipinski definition) is 0. The van der Waals surface area contributed by atoms with Crippen molar-refractivity contribution in [3.63, 3.8) is 0 Å². The number of benzene rings is 3. The van der Waals surface area contributed by atoms with E-state index >= 15 is 0 Å². The van der Waals surface area contributed by atoms with Gasteiger partial charge in [0.05, 0.1) is 0 Å². The van der Waals surface area contributed by atoms with E-state index in [0.29, 0.717) is 0 Å². The average Bonchev–Trinajstić information content (AvgIpc) is 2.51. The molecule has 19 heavy (non-hydrogen) atoms. The Bertz CT molecular complexity index is 524. The van der Waals surface area contributed by atoms with Gasteiger partial charge in [0.25, 0.3) is 0 Å². The molecule has 0 saturated heterocycles. The molecular formula is C18H15P. The van der Waals surface area contributed by atoms with Crippen molar-refractivity contribution in [1.29, 1.82) is 0 Å². The Morgan fingerprint density at radius 1 is 0.368 bits per heavy atom. The summed E-state index contributed by atoms with van der Waals surface area (Å²) in [5.74, 6) is 0. The Balaban J connectivity index is 2.12. The first-order valence-corrected chi connectivity index (χ1v) is 7.74. The Hall–Kier alpha value is -1.91. The predicted octanol–water partition coefficient (Wildman–Crippen LogP) is 3.44. The third-order valence-corrected chi connectivity index (χ3v) is 5.49. The molecule has 0 saturated carbocycles. The quantitative estimate of drug-likeness (QED) is 0.612. The molecule has 3 rings (SSSR count). The minimum absolute atomic E-state index is 0.446. The summed E-state index contributed by atoms with van der Waals surface area (Å²) in [5, 5.41) is 4.19. The van der Waals surface area contributed by atoms with E-state index in [1.807, 2.05) is 0 Å². The van der Waals surface area contributed by atoms with E-state index in [2.05, 4.69) is 91.0 Å². The first-order valence-electron chi connectivity index (χ1n) is 6.40. The summed E-state index contributed by atoms with van der Waals surface area (Å²) < 4.78 is 0. The van der Waals surface area contributed by atoms with Gasteiger partial charge in [0.15, 0.2) is 0 Å². The molecule has 3 aromatic rings. The summed E-state index contributed by atoms with van der Waals surface area (Å²) in [5.41, 5.74) is 0. The standard InChI is InChI=1S/C18H15P/c1-4-10-16(11-5-1)19(17-12-6-2-7-13-17)18-14-8-3-9-15-18/h1-15H/i19-25. The Morgan fingerprint density at radius 2 is 0.632 bits per heavy atom. The molecule has 0 atom stereocenters. The van der Waals surface area contributed by atoms with Crippen molar-refractivity contribution < 1.29 is 0 Å². The normalized spacial score (nSPS) is 10.6. The minimum atomic E-state index is -0.446. The van der Waals surface area contributed by atoms with E-state index < -0.39 is 7.92 Å². The van der Waals surface area contributed by atoms with Crippen LogP contribution in [0.5, 0.6) is 0 Å². The smallest absolute Gasteiger partial charge is 0.0134 e. The summed E-state index contributed by atoms with van der Waals surface area (Å²) in [6.07, 6.45) is 0. The van der Waals surface area contributed by atoms with Gasteiger partial charge in [0.2, 0.25) is 0 Å². The lowest BCUT2D eigenvalue weighted by Crippen LogP contribution is -2.20. The molecule has 0 amide bonds. The van der Waals surface area contributed by atoms with Crippen molar-refractivity contribution in [2.45, 2.75) is 0 Å². The van der Waals surface area contributed by atoms with Crippen LogP contribution in [0.2, 0.25) is 0 Å². The second-order valence-electron chi connectivity index (χ2n) is 4.34. The molecule has 0 aromatic heterocycles. The van der Waals surface area contributed by atoms with Crippen LogP contribution in [0, 0.1) is 0 Å². The Kier molecular flexibility index (Phi) is 3.72. The van der Waals surface area contributed by atoms with E-state index in [1.54, 1.807) is 0 Å². The molecule has 0 heterocycles. The molecule has 0 fully saturated rings. The van der Waals surface area contributed by atoms with Crippen molar-refractivity contribution in [2.75, 3.05) is 0 Å². The zero-order chi connectivity index (χ0) is 12.9. The highest BCUT2D eigenvalue weighted by molar-refractivity contribution is 7.79. The van der Waals surface area contributed by atoms with Crippen LogP contribution in [-0.2, 0) is 0 Å². The molecule has 0 nitrogen and oxygen atoms in total. The molecule has 0 aliphatic rings. The van der Waals surface area contributed by atoms with Crippen LogP contribution in [0.25, 0.3) is 0 Å². The molecule has 92 valence electrons. The molecule has 0 radical (unpaired) electrons. The molecule has 0 bridgehead atoms. The molecule has 0 unspecified atom stereocenters. The van der Waals surface area contributed by atoms with Gasteiger partial charge in [-0.25, -0.2) is 0 Å². The van der Waals surface area contributed by atoms with E-state index in [4.69, 9.17) is 0 Å². The van der Waals surface area contributed by atoms with Gasteiger partial charge in [-0.2, -0.15) is 0 Å². The molecule has 0 aliphatic carbocycles. The van der Waals surface area contributed by atoms with Crippen molar-refractivity contribution in [3.05, 3.63) is 91.0 Å². The zero-order valence-electron chi connectivity index (χ0n) is 10.6. The summed E-state index contributed by atoms with van der Waals surface area (Å²) in [6.45, 7) is 0. The fraction of sp³-hybridized carbons (Fsp3) is 0. The average molecular weight is 237 g/mol. The molecule has 0 aliphatic heterocycles. The first-order chi connectivity index (χ1) is 9.45. The van der Waals surface area contributed by atoms with Crippen LogP contribution >= 0.6 is 7.92 Å². The largest absolute Gasteiger partial charge is 0.0622 e. The van der Waals surface area contributed by atoms with E-state index in [9.17, 15) is 0 Å². The third kappa shape index (κ3) is 2.75. The molecule has 0 spiro atoms. The van der Waals surface area contributed by atoms with Crippen molar-refractivity contribution in [2.24, 2.45) is 0 Å². The van der Waals surface area contributed by atoms with Crippen LogP contribution in [0.15, 0.2) is 91.0 Å². The molecule has 1 heteroatoms. The highest BCUT2D eigenvalue weighted by Gasteiger charge is 2.14. The lowest BCUT2D eigenvalue weighted by atomic mass is 5.52. The van der Waals surface area contributed by atoms with Gasteiger partial charge in [0, 0.05) is 0 Å². The van der Waals surface area contributed by atoms with Gasteiger partial charge >= 0.3 is 0 Å². The van der Waals surface area contributed by atoms with Crippen LogP contribution in [0.4, 0.5) is 0 Å². The van der Waals surface area contributed by atoms with E-state index in [1.165, 1.54) is 15.9 Å². The zero-order valence-corrected chi connectivity index (χ0v) is 11.5. The minimum Gasteiger partial charge on any atom is -0.0622 e. The lowest BCUT2D eigenvalue weighted by Gasteiger charge is -2.18. The SMILES string of the molecule is c1ccc([6P](c2ccccc2)c2ccccc2)cc1. The summed E-state index contributed by atoms with van der Waals surface area (Å²) in [4.78, 5) is 0. The summed E-state index contributed by atoms with van der Waals surface area (Å²) >= 11 is 0. The van der Waals surface area contributed by atoms with Gasteiger partial charge in [-0.15, -0.1) is 0 Å². The molecular weight excluding hydrogens is 222 g/mol. The lowest BCUT2D eigenvalue weighted by molar-refractivity contribution is 1.74. The fourth-order valence-corrected chi connectivity index (χ4v) is 4.48. The Labute approximate surface area is 115 Å². The molecule has 0 N–H and O–H groups in total. The third-order valence-electron chi connectivity index (χ3n) is 3.04. The van der Waals surface area contributed by atoms with E-state index in [0.717, 1.165) is 0 Å². The topological polar surface area (TPSA) is 0 Å². The van der Waals surface area contributed by atoms with Crippen LogP contribution in [0.3, 0.4) is 0 Å². The number of hydrogen-bond acceptors (Lipinski definition) is 0. The Morgan fingerprint density at radius 3 is 0.895 bits per heavy atom. The highest BCUT2D eigenvalue weighted by Crippen LogP contribution is 2.32. The number of rotatable bonds is 3. The van der Waals surface area contributed by atoms with Gasteiger partial charge in [0.1, 0.15) is 0 Å². The van der Waals surface area contributed by atoms with Gasteiger partial charge < -0.3 is 0 Å². The van der Waals surface area contributed by atoms with Crippen molar-refractivity contribution >= 4 is 23.8 Å². The fourth-order valence-electron chi connectivity index (χ4n) is 2.18. The van der Waals surface area contributed by atoms with E-state index in [-0.39, 0.29) is 0 Å². The summed E-state index contributed by atoms with van der Waals surface area (Å²) in [6, 6.07) is 32.3. The second-order valence-corrected chi connectivity index (χ2v) is 6.56. The maximum absolute atomic E-state index is 2.23. The monoisotopic (exact) mass is 237 g/mol. The predicted molar refractivity (Wildman–Crippen MR) is 85.1 cm³/mol. The van der Waals surface area contributed by atoms with Crippen molar-refractivity contribution in [1.82, 2.24) is 0 Å². The van der Waals surface area contributed by atoms with Crippen LogP contribution < -0.4 is 15.9 Å². The molecule has 3 aromatic carbocycles. The van der Waals surface area contributed by atoms with Gasteiger partial charge in [-0.3, -0.25) is 0 Å². The maximum atomic E-state index is 2.23. The van der Waals surface area contributed by atoms with Crippen LogP contribution in [-0.4, -0.2) is 0 Å². The van der Waals surface area contributed by atoms with Crippen molar-refractivity contribution in [3.8, 4) is 0 Å². The summed E-state index contributed by atoms with van der Waals surface area (Å²) in [7, 11) is -0.446. The van der Waals surface area contributed by atoms with Crippen LogP contribution in [0.1, 0.15) is 0 Å². The van der Waals surface area contributed by atoms with Gasteiger partial charge in [-0.05, 0) is 23.8 Å². The highest BCUT2D eigenvalue weighted by atomic mass is 13.7.